The molecule has 0 spiro atoms. The van der Waals surface area contributed by atoms with Crippen molar-refractivity contribution in [1.82, 2.24) is 9.88 Å². The molecule has 12 heteroatoms. The minimum absolute atomic E-state index is 0.0777. The van der Waals surface area contributed by atoms with Gasteiger partial charge in [0.25, 0.3) is 0 Å². The molecule has 1 atom stereocenters. The number of carbonyl (C=O) groups excluding carboxylic acids is 1. The molecule has 0 aliphatic carbocycles. The summed E-state index contributed by atoms with van der Waals surface area (Å²) in [6, 6.07) is 8.21. The van der Waals surface area contributed by atoms with E-state index in [4.69, 9.17) is 9.47 Å². The number of benzene rings is 1. The Hall–Kier alpha value is -3.12. The number of ether oxygens (including phenoxy) is 2. The summed E-state index contributed by atoms with van der Waals surface area (Å²) in [6.45, 7) is 3.55. The minimum Gasteiger partial charge on any atom is -0.475 e. The number of morpholine rings is 1. The van der Waals surface area contributed by atoms with Gasteiger partial charge in [-0.3, -0.25) is 0 Å². The van der Waals surface area contributed by atoms with Gasteiger partial charge in [-0.05, 0) is 41.8 Å². The zero-order valence-corrected chi connectivity index (χ0v) is 20.5. The molecule has 37 heavy (non-hydrogen) atoms. The Morgan fingerprint density at radius 3 is 2.68 bits per heavy atom. The van der Waals surface area contributed by atoms with E-state index in [0.717, 1.165) is 21.6 Å². The molecule has 2 aliphatic rings. The number of alkyl halides is 4. The van der Waals surface area contributed by atoms with Crippen molar-refractivity contribution in [2.75, 3.05) is 62.8 Å². The van der Waals surface area contributed by atoms with Crippen molar-refractivity contribution in [3.63, 3.8) is 0 Å². The van der Waals surface area contributed by atoms with Crippen LogP contribution in [0, 0.1) is 6.92 Å². The number of nitrogens with one attached hydrogen (secondary N) is 1. The molecule has 2 aliphatic heterocycles. The Morgan fingerprint density at radius 2 is 1.97 bits per heavy atom. The largest absolute Gasteiger partial charge is 0.475 e. The molecular formula is C25H30F4N4O4. The van der Waals surface area contributed by atoms with Gasteiger partial charge >= 0.3 is 12.2 Å². The Balaban J connectivity index is 1.55. The summed E-state index contributed by atoms with van der Waals surface area (Å²) in [5, 5.41) is 11.9. The van der Waals surface area contributed by atoms with Crippen LogP contribution in [0.15, 0.2) is 30.3 Å². The maximum atomic E-state index is 14.6. The number of aliphatic hydroxyl groups is 1. The number of pyridine rings is 1. The van der Waals surface area contributed by atoms with E-state index < -0.39 is 30.8 Å². The van der Waals surface area contributed by atoms with Crippen LogP contribution in [0.3, 0.4) is 0 Å². The summed E-state index contributed by atoms with van der Waals surface area (Å²) in [4.78, 5) is 20.4. The fraction of sp³-hybridized carbons (Fsp3) is 0.520. The molecular weight excluding hydrogens is 496 g/mol. The van der Waals surface area contributed by atoms with Gasteiger partial charge in [-0.25, -0.2) is 9.18 Å². The van der Waals surface area contributed by atoms with Crippen molar-refractivity contribution in [2.24, 2.45) is 0 Å². The average molecular weight is 527 g/mol. The van der Waals surface area contributed by atoms with E-state index in [0.29, 0.717) is 43.7 Å². The predicted octanol–water partition coefficient (Wildman–Crippen LogP) is 4.16. The second-order valence-corrected chi connectivity index (χ2v) is 9.30. The third-order valence-corrected chi connectivity index (χ3v) is 6.37. The number of amides is 2. The second-order valence-electron chi connectivity index (χ2n) is 9.30. The molecule has 2 N–H and O–H groups in total. The number of halogens is 4. The van der Waals surface area contributed by atoms with E-state index >= 15 is 0 Å². The summed E-state index contributed by atoms with van der Waals surface area (Å²) in [5.74, 6) is 1.02. The number of anilines is 2. The quantitative estimate of drug-likeness (QED) is 0.527. The van der Waals surface area contributed by atoms with Gasteiger partial charge in [0.15, 0.2) is 0 Å². The molecule has 2 amide bonds. The van der Waals surface area contributed by atoms with Crippen LogP contribution in [0.5, 0.6) is 5.88 Å². The first-order valence-corrected chi connectivity index (χ1v) is 12.1. The van der Waals surface area contributed by atoms with Crippen LogP contribution in [0.4, 0.5) is 33.9 Å². The molecule has 1 aromatic carbocycles. The SMILES string of the molecule is Cc1ccc(NC(=O)N2CC[C@@](F)(CC(F)(F)F)C2)cc1-c1cc(OCCO)nc(N2CCOCC2)c1. The third-order valence-electron chi connectivity index (χ3n) is 6.37. The van der Waals surface area contributed by atoms with Crippen LogP contribution in [-0.4, -0.2) is 85.5 Å². The zero-order chi connectivity index (χ0) is 26.6. The molecule has 1 aromatic heterocycles. The van der Waals surface area contributed by atoms with Gasteiger partial charge in [-0.2, -0.15) is 18.2 Å². The van der Waals surface area contributed by atoms with Crippen LogP contribution in [0.2, 0.25) is 0 Å². The third kappa shape index (κ3) is 7.01. The van der Waals surface area contributed by atoms with E-state index in [9.17, 15) is 27.5 Å². The number of aliphatic hydroxyl groups excluding tert-OH is 1. The second kappa shape index (κ2) is 11.1. The van der Waals surface area contributed by atoms with E-state index in [1.165, 1.54) is 0 Å². The van der Waals surface area contributed by atoms with Crippen LogP contribution < -0.4 is 15.0 Å². The molecule has 2 aromatic rings. The molecule has 4 rings (SSSR count). The predicted molar refractivity (Wildman–Crippen MR) is 130 cm³/mol. The lowest BCUT2D eigenvalue weighted by Crippen LogP contribution is -2.38. The number of urea groups is 1. The highest BCUT2D eigenvalue weighted by molar-refractivity contribution is 5.91. The van der Waals surface area contributed by atoms with E-state index in [1.54, 1.807) is 24.3 Å². The standard InChI is InChI=1S/C25H30F4N4O4/c1-17-2-3-19(30-23(35)33-5-4-24(26,16-33)15-25(27,28)29)14-20(17)18-12-21(32-6-9-36-10-7-32)31-22(13-18)37-11-8-34/h2-3,12-14,34H,4-11,15-16H2,1H3,(H,30,35)/t24-/m1/s1. The summed E-state index contributed by atoms with van der Waals surface area (Å²) in [7, 11) is 0. The normalized spacial score (nSPS) is 20.3. The van der Waals surface area contributed by atoms with Gasteiger partial charge in [-0.1, -0.05) is 6.07 Å². The molecule has 0 radical (unpaired) electrons. The van der Waals surface area contributed by atoms with Crippen LogP contribution in [0.1, 0.15) is 18.4 Å². The maximum Gasteiger partial charge on any atom is 0.392 e. The van der Waals surface area contributed by atoms with E-state index in [-0.39, 0.29) is 26.2 Å². The van der Waals surface area contributed by atoms with Crippen molar-refractivity contribution in [1.29, 1.82) is 0 Å². The molecule has 0 unspecified atom stereocenters. The fourth-order valence-electron chi connectivity index (χ4n) is 4.55. The minimum atomic E-state index is -4.64. The van der Waals surface area contributed by atoms with Gasteiger partial charge in [0.2, 0.25) is 5.88 Å². The molecule has 2 fully saturated rings. The summed E-state index contributed by atoms with van der Waals surface area (Å²) >= 11 is 0. The maximum absolute atomic E-state index is 14.6. The monoisotopic (exact) mass is 526 g/mol. The zero-order valence-electron chi connectivity index (χ0n) is 20.5. The first-order valence-electron chi connectivity index (χ1n) is 12.1. The summed E-state index contributed by atoms with van der Waals surface area (Å²) < 4.78 is 63.8. The number of hydrogen-bond acceptors (Lipinski definition) is 6. The fourth-order valence-corrected chi connectivity index (χ4v) is 4.55. The number of hydrogen-bond donors (Lipinski definition) is 2. The molecule has 202 valence electrons. The van der Waals surface area contributed by atoms with Crippen LogP contribution in [-0.2, 0) is 4.74 Å². The highest BCUT2D eigenvalue weighted by Gasteiger charge is 2.48. The number of aryl methyl sites for hydroxylation is 1. The van der Waals surface area contributed by atoms with Gasteiger partial charge < -0.3 is 29.7 Å². The number of likely N-dealkylation sites (tertiary alicyclic amines) is 1. The Labute approximate surface area is 212 Å². The van der Waals surface area contributed by atoms with Crippen molar-refractivity contribution in [3.8, 4) is 17.0 Å². The molecule has 0 saturated carbocycles. The Kier molecular flexibility index (Phi) is 8.08. The number of aromatic nitrogens is 1. The highest BCUT2D eigenvalue weighted by Crippen LogP contribution is 2.37. The van der Waals surface area contributed by atoms with Crippen molar-refractivity contribution in [2.45, 2.75) is 31.6 Å². The smallest absolute Gasteiger partial charge is 0.392 e. The van der Waals surface area contributed by atoms with Crippen molar-refractivity contribution >= 4 is 17.5 Å². The Bertz CT molecular complexity index is 1110. The molecule has 2 saturated heterocycles. The van der Waals surface area contributed by atoms with Gasteiger partial charge in [0, 0.05) is 37.8 Å². The Morgan fingerprint density at radius 1 is 1.22 bits per heavy atom. The van der Waals surface area contributed by atoms with E-state index in [1.807, 2.05) is 13.0 Å². The van der Waals surface area contributed by atoms with Crippen LogP contribution >= 0.6 is 0 Å². The first-order chi connectivity index (χ1) is 17.5. The number of rotatable bonds is 7. The van der Waals surface area contributed by atoms with Gasteiger partial charge in [-0.15, -0.1) is 0 Å². The first kappa shape index (κ1) is 26.9. The summed E-state index contributed by atoms with van der Waals surface area (Å²) in [6.07, 6.45) is -6.58. The van der Waals surface area contributed by atoms with Gasteiger partial charge in [0.05, 0.1) is 32.8 Å². The van der Waals surface area contributed by atoms with E-state index in [2.05, 4.69) is 15.2 Å². The number of nitrogens with zero attached hydrogens (tertiary/aromatic N) is 3. The van der Waals surface area contributed by atoms with Gasteiger partial charge in [0.1, 0.15) is 18.1 Å². The molecule has 8 nitrogen and oxygen atoms in total. The summed E-state index contributed by atoms with van der Waals surface area (Å²) in [5.41, 5.74) is 0.389. The van der Waals surface area contributed by atoms with Crippen LogP contribution in [0.25, 0.3) is 11.1 Å². The molecule has 3 heterocycles. The number of carbonyl (C=O) groups is 1. The lowest BCUT2D eigenvalue weighted by molar-refractivity contribution is -0.159. The lowest BCUT2D eigenvalue weighted by Gasteiger charge is -2.28. The molecule has 0 bridgehead atoms. The topological polar surface area (TPSA) is 87.2 Å². The van der Waals surface area contributed by atoms with Crippen molar-refractivity contribution < 1.29 is 36.9 Å². The average Bonchev–Trinajstić information content (AvgIpc) is 3.24. The lowest BCUT2D eigenvalue weighted by atomic mass is 10.00. The highest BCUT2D eigenvalue weighted by atomic mass is 19.4. The van der Waals surface area contributed by atoms with Crippen molar-refractivity contribution in [3.05, 3.63) is 35.9 Å².